The summed E-state index contributed by atoms with van der Waals surface area (Å²) >= 11 is 3.21. The molecule has 0 saturated heterocycles. The molecule has 1 aromatic rings. The molecule has 0 saturated carbocycles. The second-order valence-electron chi connectivity index (χ2n) is 2.96. The van der Waals surface area contributed by atoms with Crippen LogP contribution in [0.2, 0.25) is 0 Å². The first-order chi connectivity index (χ1) is 6.06. The monoisotopic (exact) mass is 248 g/mol. The van der Waals surface area contributed by atoms with Crippen molar-refractivity contribution in [1.82, 2.24) is 0 Å². The van der Waals surface area contributed by atoms with Crippen LogP contribution in [0.3, 0.4) is 0 Å². The molecule has 0 amide bonds. The molecule has 0 atom stereocenters. The van der Waals surface area contributed by atoms with Gasteiger partial charge in [0.15, 0.2) is 0 Å². The van der Waals surface area contributed by atoms with Gasteiger partial charge in [0.1, 0.15) is 0 Å². The molecular formula is C10H11BrF2. The molecule has 72 valence electrons. The maximum Gasteiger partial charge on any atom is 0.273 e. The molecule has 1 aromatic carbocycles. The second kappa shape index (κ2) is 4.18. The smallest absolute Gasteiger partial charge is 0.201 e. The molecule has 0 nitrogen and oxygen atoms in total. The summed E-state index contributed by atoms with van der Waals surface area (Å²) in [6, 6.07) is 6.19. The molecule has 0 N–H and O–H groups in total. The van der Waals surface area contributed by atoms with E-state index < -0.39 is 5.92 Å². The zero-order chi connectivity index (χ0) is 9.90. The highest BCUT2D eigenvalue weighted by Crippen LogP contribution is 2.33. The van der Waals surface area contributed by atoms with Gasteiger partial charge in [-0.15, -0.1) is 0 Å². The van der Waals surface area contributed by atoms with Crippen LogP contribution in [-0.2, 0) is 5.92 Å². The summed E-state index contributed by atoms with van der Waals surface area (Å²) in [4.78, 5) is 0. The lowest BCUT2D eigenvalue weighted by atomic mass is 10.0. The Morgan fingerprint density at radius 2 is 1.77 bits per heavy atom. The van der Waals surface area contributed by atoms with Gasteiger partial charge in [-0.3, -0.25) is 0 Å². The Morgan fingerprint density at radius 1 is 1.23 bits per heavy atom. The van der Waals surface area contributed by atoms with Crippen molar-refractivity contribution in [2.45, 2.75) is 25.7 Å². The Balaban J connectivity index is 2.87. The summed E-state index contributed by atoms with van der Waals surface area (Å²) in [5.41, 5.74) is 0.0950. The normalized spacial score (nSPS) is 11.7. The molecule has 3 heteroatoms. The maximum atomic E-state index is 13.3. The first-order valence-electron chi connectivity index (χ1n) is 4.20. The Kier molecular flexibility index (Phi) is 3.42. The lowest BCUT2D eigenvalue weighted by molar-refractivity contribution is -0.0140. The van der Waals surface area contributed by atoms with E-state index in [0.717, 1.165) is 4.47 Å². The fourth-order valence-electron chi connectivity index (χ4n) is 1.15. The van der Waals surface area contributed by atoms with E-state index in [4.69, 9.17) is 0 Å². The average Bonchev–Trinajstić information content (AvgIpc) is 2.05. The van der Waals surface area contributed by atoms with Crippen LogP contribution in [0.5, 0.6) is 0 Å². The minimum Gasteiger partial charge on any atom is -0.201 e. The predicted octanol–water partition coefficient (Wildman–Crippen LogP) is 4.34. The zero-order valence-electron chi connectivity index (χ0n) is 7.36. The molecular weight excluding hydrogens is 238 g/mol. The highest BCUT2D eigenvalue weighted by Gasteiger charge is 2.29. The summed E-state index contributed by atoms with van der Waals surface area (Å²) in [7, 11) is 0. The molecule has 0 spiro atoms. The van der Waals surface area contributed by atoms with Gasteiger partial charge in [-0.25, -0.2) is 8.78 Å². The first-order valence-corrected chi connectivity index (χ1v) is 4.99. The molecule has 0 aromatic heterocycles. The third-order valence-corrected chi connectivity index (χ3v) is 2.36. The van der Waals surface area contributed by atoms with E-state index in [2.05, 4.69) is 15.9 Å². The van der Waals surface area contributed by atoms with Gasteiger partial charge in [-0.1, -0.05) is 41.4 Å². The van der Waals surface area contributed by atoms with Crippen molar-refractivity contribution in [3.8, 4) is 0 Å². The van der Waals surface area contributed by atoms with E-state index in [0.29, 0.717) is 6.42 Å². The molecule has 0 aliphatic rings. The van der Waals surface area contributed by atoms with Crippen molar-refractivity contribution in [3.63, 3.8) is 0 Å². The van der Waals surface area contributed by atoms with E-state index in [1.165, 1.54) is 12.1 Å². The van der Waals surface area contributed by atoms with Crippen molar-refractivity contribution < 1.29 is 8.78 Å². The molecule has 0 aliphatic carbocycles. The van der Waals surface area contributed by atoms with E-state index in [1.54, 1.807) is 19.1 Å². The minimum absolute atomic E-state index is 0.0887. The maximum absolute atomic E-state index is 13.3. The van der Waals surface area contributed by atoms with Crippen molar-refractivity contribution in [3.05, 3.63) is 34.3 Å². The number of alkyl halides is 2. The van der Waals surface area contributed by atoms with Gasteiger partial charge in [-0.05, 0) is 12.1 Å². The quantitative estimate of drug-likeness (QED) is 0.747. The van der Waals surface area contributed by atoms with Crippen LogP contribution in [0.1, 0.15) is 25.3 Å². The third-order valence-electron chi connectivity index (χ3n) is 1.83. The number of rotatable bonds is 3. The Hall–Kier alpha value is -0.440. The van der Waals surface area contributed by atoms with Gasteiger partial charge < -0.3 is 0 Å². The molecule has 0 heterocycles. The largest absolute Gasteiger partial charge is 0.273 e. The number of hydrogen-bond acceptors (Lipinski definition) is 0. The van der Waals surface area contributed by atoms with E-state index in [-0.39, 0.29) is 12.0 Å². The van der Waals surface area contributed by atoms with Gasteiger partial charge in [0, 0.05) is 16.5 Å². The molecule has 0 bridgehead atoms. The molecule has 0 fully saturated rings. The van der Waals surface area contributed by atoms with Gasteiger partial charge in [0.05, 0.1) is 0 Å². The minimum atomic E-state index is -2.69. The average molecular weight is 249 g/mol. The Bertz CT molecular complexity index is 267. The SMILES string of the molecule is CCCC(F)(F)c1ccc(Br)cc1. The Labute approximate surface area is 85.1 Å². The van der Waals surface area contributed by atoms with Gasteiger partial charge in [0.25, 0.3) is 5.92 Å². The molecule has 0 unspecified atom stereocenters. The Morgan fingerprint density at radius 3 is 2.23 bits per heavy atom. The summed E-state index contributed by atoms with van der Waals surface area (Å²) in [5, 5.41) is 0. The molecule has 1 rings (SSSR count). The van der Waals surface area contributed by atoms with Crippen LogP contribution in [0.15, 0.2) is 28.7 Å². The van der Waals surface area contributed by atoms with E-state index in [9.17, 15) is 8.78 Å². The van der Waals surface area contributed by atoms with Crippen molar-refractivity contribution in [2.24, 2.45) is 0 Å². The number of hydrogen-bond donors (Lipinski definition) is 0. The zero-order valence-corrected chi connectivity index (χ0v) is 8.94. The lowest BCUT2D eigenvalue weighted by Crippen LogP contribution is -2.12. The van der Waals surface area contributed by atoms with Crippen LogP contribution < -0.4 is 0 Å². The third kappa shape index (κ3) is 2.76. The van der Waals surface area contributed by atoms with E-state index >= 15 is 0 Å². The van der Waals surface area contributed by atoms with E-state index in [1.807, 2.05) is 0 Å². The van der Waals surface area contributed by atoms with Gasteiger partial charge in [0.2, 0.25) is 0 Å². The fourth-order valence-corrected chi connectivity index (χ4v) is 1.42. The lowest BCUT2D eigenvalue weighted by Gasteiger charge is -2.15. The predicted molar refractivity (Wildman–Crippen MR) is 52.9 cm³/mol. The molecule has 0 radical (unpaired) electrons. The van der Waals surface area contributed by atoms with Gasteiger partial charge >= 0.3 is 0 Å². The number of halogens is 3. The summed E-state index contributed by atoms with van der Waals surface area (Å²) in [6.07, 6.45) is 0.400. The standard InChI is InChI=1S/C10H11BrF2/c1-2-7-10(12,13)8-3-5-9(11)6-4-8/h3-6H,2,7H2,1H3. The summed E-state index contributed by atoms with van der Waals surface area (Å²) in [6.45, 7) is 1.76. The van der Waals surface area contributed by atoms with Crippen LogP contribution >= 0.6 is 15.9 Å². The molecule has 0 aliphatic heterocycles. The fraction of sp³-hybridized carbons (Fsp3) is 0.400. The van der Waals surface area contributed by atoms with Crippen LogP contribution in [0.25, 0.3) is 0 Å². The summed E-state index contributed by atoms with van der Waals surface area (Å²) in [5.74, 6) is -2.69. The van der Waals surface area contributed by atoms with Crippen LogP contribution in [0.4, 0.5) is 8.78 Å². The first kappa shape index (κ1) is 10.6. The molecule has 13 heavy (non-hydrogen) atoms. The summed E-state index contributed by atoms with van der Waals surface area (Å²) < 4.78 is 27.4. The highest BCUT2D eigenvalue weighted by atomic mass is 79.9. The van der Waals surface area contributed by atoms with Crippen molar-refractivity contribution in [1.29, 1.82) is 0 Å². The highest BCUT2D eigenvalue weighted by molar-refractivity contribution is 9.10. The van der Waals surface area contributed by atoms with Crippen LogP contribution in [-0.4, -0.2) is 0 Å². The topological polar surface area (TPSA) is 0 Å². The second-order valence-corrected chi connectivity index (χ2v) is 3.88. The number of benzene rings is 1. The van der Waals surface area contributed by atoms with Gasteiger partial charge in [-0.2, -0.15) is 0 Å². The van der Waals surface area contributed by atoms with Crippen molar-refractivity contribution >= 4 is 15.9 Å². The van der Waals surface area contributed by atoms with Crippen molar-refractivity contribution in [2.75, 3.05) is 0 Å². The van der Waals surface area contributed by atoms with Crippen LogP contribution in [0, 0.1) is 0 Å².